The number of nitrogens with zero attached hydrogens (tertiary/aromatic N) is 1. The molecule has 1 aliphatic heterocycles. The van der Waals surface area contributed by atoms with Gasteiger partial charge in [0.1, 0.15) is 5.69 Å². The molecular weight excluding hydrogens is 252 g/mol. The summed E-state index contributed by atoms with van der Waals surface area (Å²) in [7, 11) is 0. The van der Waals surface area contributed by atoms with Crippen LogP contribution >= 0.6 is 0 Å². The third-order valence-corrected chi connectivity index (χ3v) is 3.32. The van der Waals surface area contributed by atoms with Crippen molar-refractivity contribution in [2.24, 2.45) is 4.99 Å². The summed E-state index contributed by atoms with van der Waals surface area (Å²) < 4.78 is 0. The van der Waals surface area contributed by atoms with Crippen molar-refractivity contribution in [3.63, 3.8) is 0 Å². The predicted molar refractivity (Wildman–Crippen MR) is 86.6 cm³/mol. The second-order valence-corrected chi connectivity index (χ2v) is 5.01. The molecule has 1 aromatic heterocycles. The molecule has 2 rings (SSSR count). The Labute approximate surface area is 120 Å². The fourth-order valence-corrected chi connectivity index (χ4v) is 2.40. The van der Waals surface area contributed by atoms with Crippen molar-refractivity contribution in [3.05, 3.63) is 21.6 Å². The molecule has 5 nitrogen and oxygen atoms in total. The number of aromatic nitrogens is 1. The lowest BCUT2D eigenvalue weighted by atomic mass is 9.96. The van der Waals surface area contributed by atoms with Gasteiger partial charge in [-0.15, -0.1) is 0 Å². The summed E-state index contributed by atoms with van der Waals surface area (Å²) in [5.41, 5.74) is 14.8. The highest BCUT2D eigenvalue weighted by Crippen LogP contribution is 2.28. The summed E-state index contributed by atoms with van der Waals surface area (Å²) >= 11 is 0. The number of hydrogen-bond acceptors (Lipinski definition) is 4. The van der Waals surface area contributed by atoms with Crippen LogP contribution in [0.4, 0.5) is 11.4 Å². The van der Waals surface area contributed by atoms with Gasteiger partial charge in [-0.3, -0.25) is 9.79 Å². The number of nitrogen functional groups attached to an aromatic ring is 2. The minimum atomic E-state index is -0.267. The molecule has 0 aromatic carbocycles. The van der Waals surface area contributed by atoms with Gasteiger partial charge in [-0.2, -0.15) is 0 Å². The number of hydrogen-bond donors (Lipinski definition) is 3. The topological polar surface area (TPSA) is 97.3 Å². The molecule has 0 fully saturated rings. The molecule has 0 radical (unpaired) electrons. The molecule has 0 bridgehead atoms. The molecule has 0 saturated carbocycles. The molecular formula is C15H26N4O. The number of nitrogens with one attached hydrogen (secondary N) is 1. The Morgan fingerprint density at radius 3 is 2.30 bits per heavy atom. The minimum Gasteiger partial charge on any atom is -0.397 e. The molecule has 2 heterocycles. The van der Waals surface area contributed by atoms with E-state index in [-0.39, 0.29) is 17.2 Å². The van der Waals surface area contributed by atoms with E-state index in [4.69, 9.17) is 11.5 Å². The third-order valence-electron chi connectivity index (χ3n) is 3.32. The summed E-state index contributed by atoms with van der Waals surface area (Å²) in [6, 6.07) is 0. The normalized spacial score (nSPS) is 14.6. The molecule has 0 atom stereocenters. The number of anilines is 2. The van der Waals surface area contributed by atoms with Gasteiger partial charge in [0.25, 0.3) is 5.56 Å². The Bertz CT molecular complexity index is 544. The molecule has 20 heavy (non-hydrogen) atoms. The summed E-state index contributed by atoms with van der Waals surface area (Å²) in [4.78, 5) is 19.1. The highest BCUT2D eigenvalue weighted by Gasteiger charge is 2.19. The van der Waals surface area contributed by atoms with Crippen molar-refractivity contribution in [3.8, 4) is 0 Å². The molecule has 1 aromatic rings. The average Bonchev–Trinajstić information content (AvgIpc) is 2.46. The van der Waals surface area contributed by atoms with Gasteiger partial charge in [-0.25, -0.2) is 0 Å². The molecule has 112 valence electrons. The fourth-order valence-electron chi connectivity index (χ4n) is 2.40. The lowest BCUT2D eigenvalue weighted by Crippen LogP contribution is -2.23. The summed E-state index contributed by atoms with van der Waals surface area (Å²) in [5, 5.41) is 0. The van der Waals surface area contributed by atoms with Crippen molar-refractivity contribution in [2.75, 3.05) is 18.0 Å². The van der Waals surface area contributed by atoms with Gasteiger partial charge in [0.05, 0.1) is 17.1 Å². The lowest BCUT2D eigenvalue weighted by Gasteiger charge is -2.18. The Kier molecular flexibility index (Phi) is 5.80. The standard InChI is InChI=1S/C13H20N4O.C2H6/c1-7(2)9-10(14)12(17-13(18)11(9)15)8-5-3-4-6-16-8;1-2/h7H,3-6,14-15H2,1-2H3,(H,17,18);1-2H3. The van der Waals surface area contributed by atoms with E-state index in [0.29, 0.717) is 11.4 Å². The van der Waals surface area contributed by atoms with E-state index in [1.165, 1.54) is 0 Å². The Hall–Kier alpha value is -1.78. The van der Waals surface area contributed by atoms with Crippen LogP contribution < -0.4 is 17.0 Å². The van der Waals surface area contributed by atoms with Crippen LogP contribution in [0.1, 0.15) is 64.1 Å². The van der Waals surface area contributed by atoms with Gasteiger partial charge in [0, 0.05) is 12.1 Å². The van der Waals surface area contributed by atoms with Gasteiger partial charge in [0.2, 0.25) is 0 Å². The zero-order chi connectivity index (χ0) is 15.3. The van der Waals surface area contributed by atoms with Crippen molar-refractivity contribution in [1.82, 2.24) is 4.98 Å². The number of H-pyrrole nitrogens is 1. The second-order valence-electron chi connectivity index (χ2n) is 5.01. The van der Waals surface area contributed by atoms with Crippen LogP contribution in [0, 0.1) is 0 Å². The Balaban J connectivity index is 0.000000956. The third kappa shape index (κ3) is 3.21. The maximum absolute atomic E-state index is 11.9. The quantitative estimate of drug-likeness (QED) is 0.775. The van der Waals surface area contributed by atoms with E-state index in [2.05, 4.69) is 9.98 Å². The number of aromatic amines is 1. The second kappa shape index (κ2) is 7.12. The number of aliphatic imine (C=N–C) groups is 1. The SMILES string of the molecule is CC.CC(C)c1c(N)c(C2=NCCCC2)[nH]c(=O)c1N. The first-order chi connectivity index (χ1) is 9.52. The van der Waals surface area contributed by atoms with Crippen LogP contribution in [-0.4, -0.2) is 17.2 Å². The van der Waals surface area contributed by atoms with Crippen LogP contribution in [-0.2, 0) is 0 Å². The highest BCUT2D eigenvalue weighted by molar-refractivity contribution is 6.04. The fraction of sp³-hybridized carbons (Fsp3) is 0.600. The maximum atomic E-state index is 11.9. The molecule has 5 heteroatoms. The molecule has 0 unspecified atom stereocenters. The molecule has 0 saturated heterocycles. The first-order valence-electron chi connectivity index (χ1n) is 7.37. The van der Waals surface area contributed by atoms with Crippen molar-refractivity contribution < 1.29 is 0 Å². The van der Waals surface area contributed by atoms with Crippen molar-refractivity contribution >= 4 is 17.1 Å². The number of pyridine rings is 1. The van der Waals surface area contributed by atoms with E-state index in [1.54, 1.807) is 0 Å². The summed E-state index contributed by atoms with van der Waals surface area (Å²) in [5.74, 6) is 0.121. The first kappa shape index (κ1) is 16.3. The highest BCUT2D eigenvalue weighted by atomic mass is 16.1. The zero-order valence-electron chi connectivity index (χ0n) is 12.9. The molecule has 0 amide bonds. The van der Waals surface area contributed by atoms with Crippen molar-refractivity contribution in [1.29, 1.82) is 0 Å². The molecule has 1 aliphatic rings. The van der Waals surface area contributed by atoms with Crippen LogP contribution in [0.3, 0.4) is 0 Å². The molecule has 0 spiro atoms. The molecule has 5 N–H and O–H groups in total. The summed E-state index contributed by atoms with van der Waals surface area (Å²) in [6.45, 7) is 8.76. The van der Waals surface area contributed by atoms with Crippen molar-refractivity contribution in [2.45, 2.75) is 52.9 Å². The van der Waals surface area contributed by atoms with E-state index in [0.717, 1.165) is 37.1 Å². The van der Waals surface area contributed by atoms with E-state index >= 15 is 0 Å². The van der Waals surface area contributed by atoms with Gasteiger partial charge >= 0.3 is 0 Å². The summed E-state index contributed by atoms with van der Waals surface area (Å²) in [6.07, 6.45) is 3.04. The minimum absolute atomic E-state index is 0.121. The molecule has 0 aliphatic carbocycles. The van der Waals surface area contributed by atoms with Gasteiger partial charge in [0.15, 0.2) is 0 Å². The first-order valence-corrected chi connectivity index (χ1v) is 7.37. The smallest absolute Gasteiger partial charge is 0.272 e. The van der Waals surface area contributed by atoms with Gasteiger partial charge in [-0.1, -0.05) is 27.7 Å². The monoisotopic (exact) mass is 278 g/mol. The lowest BCUT2D eigenvalue weighted by molar-refractivity contribution is 0.736. The Morgan fingerprint density at radius 1 is 1.15 bits per heavy atom. The zero-order valence-corrected chi connectivity index (χ0v) is 12.9. The van der Waals surface area contributed by atoms with Crippen LogP contribution in [0.2, 0.25) is 0 Å². The van der Waals surface area contributed by atoms with Gasteiger partial charge < -0.3 is 16.5 Å². The number of rotatable bonds is 2. The van der Waals surface area contributed by atoms with Crippen LogP contribution in [0.5, 0.6) is 0 Å². The number of nitrogens with two attached hydrogens (primary N) is 2. The van der Waals surface area contributed by atoms with Crippen LogP contribution in [0.25, 0.3) is 0 Å². The van der Waals surface area contributed by atoms with E-state index in [9.17, 15) is 4.79 Å². The maximum Gasteiger partial charge on any atom is 0.272 e. The van der Waals surface area contributed by atoms with Gasteiger partial charge in [-0.05, 0) is 25.2 Å². The Morgan fingerprint density at radius 2 is 1.80 bits per heavy atom. The van der Waals surface area contributed by atoms with Crippen LogP contribution in [0.15, 0.2) is 9.79 Å². The largest absolute Gasteiger partial charge is 0.397 e. The van der Waals surface area contributed by atoms with E-state index in [1.807, 2.05) is 27.7 Å². The van der Waals surface area contributed by atoms with E-state index < -0.39 is 0 Å². The average molecular weight is 278 g/mol. The predicted octanol–water partition coefficient (Wildman–Crippen LogP) is 2.66.